The zero-order valence-corrected chi connectivity index (χ0v) is 19.5. The number of nitrogens with zero attached hydrogens (tertiary/aromatic N) is 3. The maximum Gasteiger partial charge on any atom is 0.325 e. The topological polar surface area (TPSA) is 95.8 Å². The number of hydrogen-bond acceptors (Lipinski definition) is 5. The summed E-state index contributed by atoms with van der Waals surface area (Å²) in [7, 11) is 0. The second-order valence-corrected chi connectivity index (χ2v) is 9.55. The number of carbonyl (C=O) groups is 3. The molecule has 176 valence electrons. The largest absolute Gasteiger partial charge is 0.459 e. The minimum atomic E-state index is -0.939. The molecule has 2 saturated heterocycles. The van der Waals surface area contributed by atoms with Gasteiger partial charge in [0.15, 0.2) is 5.76 Å². The number of urea groups is 1. The van der Waals surface area contributed by atoms with Crippen LogP contribution in [0.1, 0.15) is 61.3 Å². The molecule has 0 bridgehead atoms. The molecule has 4 rings (SSSR count). The lowest BCUT2D eigenvalue weighted by Gasteiger charge is -2.41. The Hall–Kier alpha value is -3.16. The van der Waals surface area contributed by atoms with Gasteiger partial charge in [-0.2, -0.15) is 0 Å². The van der Waals surface area contributed by atoms with E-state index in [1.54, 1.807) is 17.2 Å². The van der Waals surface area contributed by atoms with E-state index < -0.39 is 5.54 Å². The highest BCUT2D eigenvalue weighted by atomic mass is 16.3. The fourth-order valence-electron chi connectivity index (χ4n) is 4.92. The number of rotatable bonds is 7. The first-order valence-corrected chi connectivity index (χ1v) is 11.7. The van der Waals surface area contributed by atoms with Gasteiger partial charge in [0.25, 0.3) is 11.8 Å². The summed E-state index contributed by atoms with van der Waals surface area (Å²) in [6.07, 6.45) is 5.89. The Labute approximate surface area is 194 Å². The molecule has 8 nitrogen and oxygen atoms in total. The van der Waals surface area contributed by atoms with Gasteiger partial charge in [0, 0.05) is 24.8 Å². The lowest BCUT2D eigenvalue weighted by Crippen LogP contribution is -2.56. The van der Waals surface area contributed by atoms with E-state index in [-0.39, 0.29) is 30.3 Å². The molecule has 0 radical (unpaired) electrons. The second-order valence-electron chi connectivity index (χ2n) is 9.55. The van der Waals surface area contributed by atoms with Crippen LogP contribution in [0.3, 0.4) is 0 Å². The number of furan rings is 1. The van der Waals surface area contributed by atoms with Gasteiger partial charge < -0.3 is 14.6 Å². The Morgan fingerprint density at radius 3 is 2.61 bits per heavy atom. The Balaban J connectivity index is 1.51. The van der Waals surface area contributed by atoms with Gasteiger partial charge in [-0.3, -0.25) is 19.5 Å². The zero-order chi connectivity index (χ0) is 23.6. The van der Waals surface area contributed by atoms with Crippen LogP contribution in [0.15, 0.2) is 41.1 Å². The molecular weight excluding hydrogens is 420 g/mol. The van der Waals surface area contributed by atoms with Crippen molar-refractivity contribution in [2.45, 2.75) is 58.5 Å². The Morgan fingerprint density at radius 2 is 2.00 bits per heavy atom. The monoisotopic (exact) mass is 452 g/mol. The van der Waals surface area contributed by atoms with Gasteiger partial charge in [-0.25, -0.2) is 4.79 Å². The van der Waals surface area contributed by atoms with Crippen molar-refractivity contribution in [2.24, 2.45) is 11.8 Å². The minimum Gasteiger partial charge on any atom is -0.459 e. The normalized spacial score (nSPS) is 21.7. The van der Waals surface area contributed by atoms with Crippen LogP contribution in [0.5, 0.6) is 0 Å². The van der Waals surface area contributed by atoms with E-state index in [0.29, 0.717) is 49.7 Å². The summed E-state index contributed by atoms with van der Waals surface area (Å²) in [4.78, 5) is 46.9. The van der Waals surface area contributed by atoms with Crippen molar-refractivity contribution >= 4 is 17.8 Å². The third-order valence-electron chi connectivity index (χ3n) is 6.90. The third kappa shape index (κ3) is 4.51. The number of amides is 4. The predicted octanol–water partition coefficient (Wildman–Crippen LogP) is 3.76. The lowest BCUT2D eigenvalue weighted by atomic mass is 9.73. The van der Waals surface area contributed by atoms with Crippen LogP contribution in [0.2, 0.25) is 0 Å². The van der Waals surface area contributed by atoms with Gasteiger partial charge in [-0.05, 0) is 62.6 Å². The van der Waals surface area contributed by atoms with Gasteiger partial charge in [-0.15, -0.1) is 0 Å². The molecule has 2 aromatic heterocycles. The average molecular weight is 453 g/mol. The van der Waals surface area contributed by atoms with Crippen molar-refractivity contribution in [3.05, 3.63) is 53.7 Å². The van der Waals surface area contributed by atoms with Crippen LogP contribution in [-0.2, 0) is 11.3 Å². The highest BCUT2D eigenvalue weighted by molar-refractivity contribution is 6.07. The number of hydrogen-bond donors (Lipinski definition) is 1. The number of imide groups is 1. The number of nitrogens with one attached hydrogen (secondary N) is 1. The number of carbonyl (C=O) groups excluding carboxylic acids is 3. The lowest BCUT2D eigenvalue weighted by molar-refractivity contribution is -0.134. The van der Waals surface area contributed by atoms with Crippen molar-refractivity contribution in [2.75, 3.05) is 13.1 Å². The maximum absolute atomic E-state index is 13.7. The Bertz CT molecular complexity index is 1010. The fraction of sp³-hybridized carbons (Fsp3) is 0.520. The summed E-state index contributed by atoms with van der Waals surface area (Å²) >= 11 is 0. The molecule has 2 aliphatic heterocycles. The molecule has 0 aliphatic carbocycles. The second kappa shape index (κ2) is 9.37. The van der Waals surface area contributed by atoms with Crippen molar-refractivity contribution in [3.8, 4) is 0 Å². The first kappa shape index (κ1) is 23.0. The van der Waals surface area contributed by atoms with E-state index in [4.69, 9.17) is 4.42 Å². The zero-order valence-electron chi connectivity index (χ0n) is 19.5. The number of aromatic nitrogens is 1. The van der Waals surface area contributed by atoms with Crippen LogP contribution in [-0.4, -0.2) is 51.3 Å². The van der Waals surface area contributed by atoms with Gasteiger partial charge in [0.05, 0.1) is 18.5 Å². The van der Waals surface area contributed by atoms with Crippen molar-refractivity contribution < 1.29 is 18.8 Å². The molecule has 4 heterocycles. The first-order chi connectivity index (χ1) is 15.8. The van der Waals surface area contributed by atoms with Gasteiger partial charge >= 0.3 is 6.03 Å². The summed E-state index contributed by atoms with van der Waals surface area (Å²) in [5.41, 5.74) is 0.556. The van der Waals surface area contributed by atoms with Gasteiger partial charge in [0.2, 0.25) is 0 Å². The van der Waals surface area contributed by atoms with Crippen molar-refractivity contribution in [1.82, 2.24) is 20.1 Å². The van der Waals surface area contributed by atoms with Gasteiger partial charge in [0.1, 0.15) is 5.54 Å². The van der Waals surface area contributed by atoms with Crippen LogP contribution >= 0.6 is 0 Å². The van der Waals surface area contributed by atoms with E-state index in [1.807, 2.05) is 25.1 Å². The smallest absolute Gasteiger partial charge is 0.325 e. The molecule has 1 N–H and O–H groups in total. The van der Waals surface area contributed by atoms with Gasteiger partial charge in [-0.1, -0.05) is 19.9 Å². The van der Waals surface area contributed by atoms with Crippen molar-refractivity contribution in [1.29, 1.82) is 0 Å². The summed E-state index contributed by atoms with van der Waals surface area (Å²) in [5, 5.41) is 3.08. The van der Waals surface area contributed by atoms with E-state index in [0.717, 1.165) is 12.0 Å². The molecule has 0 unspecified atom stereocenters. The van der Waals surface area contributed by atoms with E-state index in [2.05, 4.69) is 24.1 Å². The first-order valence-electron chi connectivity index (χ1n) is 11.7. The Morgan fingerprint density at radius 1 is 1.24 bits per heavy atom. The molecule has 0 aromatic carbocycles. The standard InChI is InChI=1S/C25H32N4O4/c1-17(2)7-11-25(23(31)29(24(32)27-25)16-20-6-4-5-12-26-20)19-8-13-28(14-9-19)22(30)21-18(3)10-15-33-21/h4-6,10,12,15,17,19H,7-9,11,13-14,16H2,1-3H3,(H,27,32)/t25-/m1/s1. The molecule has 2 aliphatic rings. The summed E-state index contributed by atoms with van der Waals surface area (Å²) in [6.45, 7) is 7.30. The summed E-state index contributed by atoms with van der Waals surface area (Å²) in [6, 6.07) is 6.89. The minimum absolute atomic E-state index is 0.0387. The van der Waals surface area contributed by atoms with Crippen LogP contribution in [0.25, 0.3) is 0 Å². The molecule has 1 atom stereocenters. The summed E-state index contributed by atoms with van der Waals surface area (Å²) in [5.74, 6) is 0.439. The third-order valence-corrected chi connectivity index (χ3v) is 6.90. The molecule has 4 amide bonds. The van der Waals surface area contributed by atoms with E-state index >= 15 is 0 Å². The molecule has 0 saturated carbocycles. The molecule has 2 aromatic rings. The SMILES string of the molecule is Cc1ccoc1C(=O)N1CCC([C@@]2(CCC(C)C)NC(=O)N(Cc3ccccn3)C2=O)CC1. The molecule has 33 heavy (non-hydrogen) atoms. The highest BCUT2D eigenvalue weighted by Gasteiger charge is 2.55. The molecular formula is C25H32N4O4. The fourth-order valence-corrected chi connectivity index (χ4v) is 4.92. The average Bonchev–Trinajstić information content (AvgIpc) is 3.35. The quantitative estimate of drug-likeness (QED) is 0.646. The number of piperidine rings is 1. The molecule has 2 fully saturated rings. The predicted molar refractivity (Wildman–Crippen MR) is 122 cm³/mol. The van der Waals surface area contributed by atoms with Crippen LogP contribution in [0.4, 0.5) is 4.79 Å². The van der Waals surface area contributed by atoms with Crippen molar-refractivity contribution in [3.63, 3.8) is 0 Å². The maximum atomic E-state index is 13.7. The summed E-state index contributed by atoms with van der Waals surface area (Å²) < 4.78 is 5.38. The number of pyridine rings is 1. The molecule has 8 heteroatoms. The van der Waals surface area contributed by atoms with E-state index in [9.17, 15) is 14.4 Å². The number of likely N-dealkylation sites (tertiary alicyclic amines) is 1. The number of aryl methyl sites for hydroxylation is 1. The Kier molecular flexibility index (Phi) is 6.54. The van der Waals surface area contributed by atoms with E-state index in [1.165, 1.54) is 11.2 Å². The molecule has 0 spiro atoms. The van der Waals surface area contributed by atoms with Crippen LogP contribution < -0.4 is 5.32 Å². The van der Waals surface area contributed by atoms with Crippen LogP contribution in [0, 0.1) is 18.8 Å². The highest BCUT2D eigenvalue weighted by Crippen LogP contribution is 2.38.